The van der Waals surface area contributed by atoms with Gasteiger partial charge in [-0.3, -0.25) is 14.4 Å². The largest absolute Gasteiger partial charge is 0.486 e. The minimum atomic E-state index is -0.567. The number of hydrogen-bond donors (Lipinski definition) is 0. The fraction of sp³-hybridized carbons (Fsp3) is 0.435. The van der Waals surface area contributed by atoms with Gasteiger partial charge in [0.25, 0.3) is 0 Å². The summed E-state index contributed by atoms with van der Waals surface area (Å²) in [5.74, 6) is 0.668. The van der Waals surface area contributed by atoms with Gasteiger partial charge in [0.2, 0.25) is 5.91 Å². The van der Waals surface area contributed by atoms with Gasteiger partial charge in [0.1, 0.15) is 17.9 Å². The van der Waals surface area contributed by atoms with Crippen LogP contribution in [0.25, 0.3) is 0 Å². The molecule has 6 nitrogen and oxygen atoms in total. The molecule has 0 unspecified atom stereocenters. The smallest absolute Gasteiger partial charge is 0.242 e. The van der Waals surface area contributed by atoms with Crippen LogP contribution in [0, 0.1) is 20.8 Å². The van der Waals surface area contributed by atoms with Gasteiger partial charge >= 0.3 is 0 Å². The quantitative estimate of drug-likeness (QED) is 0.734. The van der Waals surface area contributed by atoms with Gasteiger partial charge in [0, 0.05) is 54.5 Å². The SMILES string of the molecule is Cc1cc(Cl)cc2c1OC1(CCN(C(=O)Cn3c(C)cc(=O)cc3C)CC1)CC2=O. The maximum absolute atomic E-state index is 12.9. The number of pyridine rings is 1. The molecule has 0 aliphatic carbocycles. The molecular weight excluding hydrogens is 404 g/mol. The standard InChI is InChI=1S/C23H25ClN2O4/c1-14-8-17(24)11-19-20(28)12-23(30-22(14)19)4-6-25(7-5-23)21(29)13-26-15(2)9-18(27)10-16(26)3/h8-11H,4-7,12-13H2,1-3H3. The number of rotatable bonds is 2. The zero-order valence-electron chi connectivity index (χ0n) is 17.5. The van der Waals surface area contributed by atoms with E-state index in [1.807, 2.05) is 30.2 Å². The average Bonchev–Trinajstić information content (AvgIpc) is 2.66. The Morgan fingerprint density at radius 3 is 2.33 bits per heavy atom. The molecule has 1 spiro atoms. The number of fused-ring (bicyclic) bond motifs is 1. The van der Waals surface area contributed by atoms with Crippen molar-refractivity contribution in [2.24, 2.45) is 0 Å². The van der Waals surface area contributed by atoms with Crippen molar-refractivity contribution in [1.29, 1.82) is 0 Å². The monoisotopic (exact) mass is 428 g/mol. The van der Waals surface area contributed by atoms with Crippen LogP contribution in [0.5, 0.6) is 5.75 Å². The van der Waals surface area contributed by atoms with Crippen LogP contribution >= 0.6 is 11.6 Å². The predicted molar refractivity (Wildman–Crippen MR) is 114 cm³/mol. The lowest BCUT2D eigenvalue weighted by Crippen LogP contribution is -2.53. The van der Waals surface area contributed by atoms with E-state index in [9.17, 15) is 14.4 Å². The zero-order chi connectivity index (χ0) is 21.6. The topological polar surface area (TPSA) is 68.6 Å². The van der Waals surface area contributed by atoms with Crippen LogP contribution in [0.3, 0.4) is 0 Å². The van der Waals surface area contributed by atoms with Gasteiger partial charge in [-0.05, 0) is 38.5 Å². The number of benzene rings is 1. The number of nitrogens with zero attached hydrogens (tertiary/aromatic N) is 2. The lowest BCUT2D eigenvalue weighted by Gasteiger charge is -2.44. The molecule has 3 heterocycles. The number of hydrogen-bond acceptors (Lipinski definition) is 4. The Kier molecular flexibility index (Phi) is 5.22. The Morgan fingerprint density at radius 2 is 1.70 bits per heavy atom. The number of piperidine rings is 1. The number of ketones is 1. The molecule has 1 aromatic carbocycles. The molecule has 0 radical (unpaired) electrons. The van der Waals surface area contributed by atoms with Crippen molar-refractivity contribution in [3.63, 3.8) is 0 Å². The van der Waals surface area contributed by atoms with Crippen LogP contribution in [-0.2, 0) is 11.3 Å². The molecular formula is C23H25ClN2O4. The van der Waals surface area contributed by atoms with Crippen LogP contribution in [0.1, 0.15) is 46.6 Å². The van der Waals surface area contributed by atoms with Crippen molar-refractivity contribution in [3.05, 3.63) is 62.0 Å². The molecule has 0 bridgehead atoms. The highest BCUT2D eigenvalue weighted by atomic mass is 35.5. The zero-order valence-corrected chi connectivity index (χ0v) is 18.2. The molecule has 1 saturated heterocycles. The number of carbonyl (C=O) groups excluding carboxylic acids is 2. The van der Waals surface area contributed by atoms with E-state index >= 15 is 0 Å². The van der Waals surface area contributed by atoms with Gasteiger partial charge in [-0.2, -0.15) is 0 Å². The van der Waals surface area contributed by atoms with Crippen molar-refractivity contribution >= 4 is 23.3 Å². The fourth-order valence-corrected chi connectivity index (χ4v) is 4.80. The van der Waals surface area contributed by atoms with Gasteiger partial charge in [-0.15, -0.1) is 0 Å². The van der Waals surface area contributed by atoms with E-state index in [1.165, 1.54) is 0 Å². The van der Waals surface area contributed by atoms with Crippen LogP contribution in [0.15, 0.2) is 29.1 Å². The molecule has 4 rings (SSSR count). The molecule has 1 aromatic heterocycles. The van der Waals surface area contributed by atoms with Crippen molar-refractivity contribution in [2.75, 3.05) is 13.1 Å². The summed E-state index contributed by atoms with van der Waals surface area (Å²) in [5.41, 5.74) is 2.33. The molecule has 1 fully saturated rings. The van der Waals surface area contributed by atoms with Crippen LogP contribution in [0.4, 0.5) is 0 Å². The second kappa shape index (κ2) is 7.58. The first-order chi connectivity index (χ1) is 14.2. The summed E-state index contributed by atoms with van der Waals surface area (Å²) in [6.45, 7) is 6.83. The lowest BCUT2D eigenvalue weighted by molar-refractivity contribution is -0.135. The molecule has 2 aliphatic rings. The van der Waals surface area contributed by atoms with Crippen LogP contribution in [0.2, 0.25) is 5.02 Å². The maximum atomic E-state index is 12.9. The minimum Gasteiger partial charge on any atom is -0.486 e. The third-order valence-corrected chi connectivity index (χ3v) is 6.43. The van der Waals surface area contributed by atoms with E-state index in [1.54, 1.807) is 24.3 Å². The van der Waals surface area contributed by atoms with Gasteiger partial charge < -0.3 is 14.2 Å². The van der Waals surface area contributed by atoms with E-state index < -0.39 is 5.60 Å². The van der Waals surface area contributed by atoms with E-state index in [4.69, 9.17) is 16.3 Å². The van der Waals surface area contributed by atoms with Crippen molar-refractivity contribution < 1.29 is 14.3 Å². The highest BCUT2D eigenvalue weighted by Crippen LogP contribution is 2.42. The number of halogens is 1. The normalized spacial score (nSPS) is 17.6. The number of likely N-dealkylation sites (tertiary alicyclic amines) is 1. The van der Waals surface area contributed by atoms with E-state index in [-0.39, 0.29) is 23.7 Å². The molecule has 158 valence electrons. The molecule has 7 heteroatoms. The van der Waals surface area contributed by atoms with Gasteiger partial charge in [-0.1, -0.05) is 11.6 Å². The number of Topliss-reactive ketones (excluding diaryl/α,β-unsaturated/α-hetero) is 1. The summed E-state index contributed by atoms with van der Waals surface area (Å²) in [6, 6.07) is 6.56. The summed E-state index contributed by atoms with van der Waals surface area (Å²) in [6.07, 6.45) is 1.52. The summed E-state index contributed by atoms with van der Waals surface area (Å²) in [7, 11) is 0. The van der Waals surface area contributed by atoms with E-state index in [0.29, 0.717) is 48.7 Å². The van der Waals surface area contributed by atoms with Gasteiger partial charge in [-0.25, -0.2) is 0 Å². The second-order valence-electron chi connectivity index (χ2n) is 8.43. The number of aryl methyl sites for hydroxylation is 3. The first-order valence-electron chi connectivity index (χ1n) is 10.2. The highest BCUT2D eigenvalue weighted by molar-refractivity contribution is 6.31. The molecule has 0 saturated carbocycles. The Hall–Kier alpha value is -2.60. The van der Waals surface area contributed by atoms with Gasteiger partial charge in [0.15, 0.2) is 11.2 Å². The number of amides is 1. The Balaban J connectivity index is 1.47. The molecule has 0 N–H and O–H groups in total. The highest BCUT2D eigenvalue weighted by Gasteiger charge is 2.44. The summed E-state index contributed by atoms with van der Waals surface area (Å²) in [5, 5.41) is 0.535. The lowest BCUT2D eigenvalue weighted by atomic mass is 9.82. The first-order valence-corrected chi connectivity index (χ1v) is 10.5. The average molecular weight is 429 g/mol. The first kappa shape index (κ1) is 20.7. The van der Waals surface area contributed by atoms with Crippen molar-refractivity contribution in [1.82, 2.24) is 9.47 Å². The Morgan fingerprint density at radius 1 is 1.07 bits per heavy atom. The fourth-order valence-electron chi connectivity index (χ4n) is 4.53. The summed E-state index contributed by atoms with van der Waals surface area (Å²) >= 11 is 6.10. The number of aromatic nitrogens is 1. The summed E-state index contributed by atoms with van der Waals surface area (Å²) in [4.78, 5) is 39.1. The Labute approximate surface area is 180 Å². The minimum absolute atomic E-state index is 0.00481. The Bertz CT molecular complexity index is 1070. The van der Waals surface area contributed by atoms with E-state index in [2.05, 4.69) is 0 Å². The molecule has 2 aliphatic heterocycles. The van der Waals surface area contributed by atoms with Crippen molar-refractivity contribution in [2.45, 2.75) is 52.2 Å². The molecule has 0 atom stereocenters. The third kappa shape index (κ3) is 3.76. The number of carbonyl (C=O) groups is 2. The second-order valence-corrected chi connectivity index (χ2v) is 8.86. The molecule has 1 amide bonds. The number of ether oxygens (including phenoxy) is 1. The summed E-state index contributed by atoms with van der Waals surface area (Å²) < 4.78 is 8.22. The predicted octanol–water partition coefficient (Wildman–Crippen LogP) is 3.45. The maximum Gasteiger partial charge on any atom is 0.242 e. The van der Waals surface area contributed by atoms with Crippen LogP contribution < -0.4 is 10.2 Å². The molecule has 30 heavy (non-hydrogen) atoms. The third-order valence-electron chi connectivity index (χ3n) is 6.22. The molecule has 2 aromatic rings. The van der Waals surface area contributed by atoms with Crippen LogP contribution in [-0.4, -0.2) is 39.8 Å². The van der Waals surface area contributed by atoms with E-state index in [0.717, 1.165) is 17.0 Å². The van der Waals surface area contributed by atoms with Crippen molar-refractivity contribution in [3.8, 4) is 5.75 Å². The van der Waals surface area contributed by atoms with Gasteiger partial charge in [0.05, 0.1) is 12.0 Å².